The molecule has 0 atom stereocenters. The Bertz CT molecular complexity index is 322. The molecule has 0 amide bonds. The molecule has 0 aliphatic carbocycles. The van der Waals surface area contributed by atoms with Crippen LogP contribution in [0, 0.1) is 19.3 Å². The highest BCUT2D eigenvalue weighted by Gasteiger charge is 2.07. The standard InChI is InChI=1S/C9H9NOS/c1-3-4-5-9(11)8-6-12-7(2)10-8/h1,6H,4-5H2,2H3. The average molecular weight is 179 g/mol. The zero-order valence-corrected chi connectivity index (χ0v) is 7.65. The number of carbonyl (C=O) groups excluding carboxylic acids is 1. The van der Waals surface area contributed by atoms with Gasteiger partial charge < -0.3 is 0 Å². The Morgan fingerprint density at radius 3 is 3.08 bits per heavy atom. The molecule has 0 aliphatic heterocycles. The second-order valence-electron chi connectivity index (χ2n) is 2.38. The maximum absolute atomic E-state index is 11.3. The summed E-state index contributed by atoms with van der Waals surface area (Å²) in [5.41, 5.74) is 0.549. The minimum absolute atomic E-state index is 0.0392. The lowest BCUT2D eigenvalue weighted by molar-refractivity contribution is 0.0980. The molecule has 62 valence electrons. The third-order valence-corrected chi connectivity index (χ3v) is 2.17. The average Bonchev–Trinajstić information content (AvgIpc) is 2.47. The fourth-order valence-electron chi connectivity index (χ4n) is 0.805. The van der Waals surface area contributed by atoms with Gasteiger partial charge in [0.25, 0.3) is 0 Å². The maximum atomic E-state index is 11.3. The Kier molecular flexibility index (Phi) is 3.01. The van der Waals surface area contributed by atoms with E-state index >= 15 is 0 Å². The van der Waals surface area contributed by atoms with E-state index in [1.807, 2.05) is 6.92 Å². The molecule has 0 spiro atoms. The van der Waals surface area contributed by atoms with Gasteiger partial charge in [0.05, 0.1) is 5.01 Å². The number of rotatable bonds is 3. The SMILES string of the molecule is C#CCCC(=O)c1csc(C)n1. The Morgan fingerprint density at radius 2 is 2.58 bits per heavy atom. The second-order valence-corrected chi connectivity index (χ2v) is 3.44. The van der Waals surface area contributed by atoms with Gasteiger partial charge in [0.2, 0.25) is 0 Å². The predicted octanol–water partition coefficient (Wildman–Crippen LogP) is 2.05. The molecule has 1 heterocycles. The van der Waals surface area contributed by atoms with E-state index in [9.17, 15) is 4.79 Å². The molecule has 1 rings (SSSR count). The van der Waals surface area contributed by atoms with Gasteiger partial charge in [0, 0.05) is 18.2 Å². The smallest absolute Gasteiger partial charge is 0.182 e. The summed E-state index contributed by atoms with van der Waals surface area (Å²) >= 11 is 1.48. The fraction of sp³-hybridized carbons (Fsp3) is 0.333. The van der Waals surface area contributed by atoms with Crippen molar-refractivity contribution in [1.29, 1.82) is 0 Å². The highest BCUT2D eigenvalue weighted by Crippen LogP contribution is 2.10. The number of thiazole rings is 1. The molecule has 0 aromatic carbocycles. The molecule has 0 N–H and O–H groups in total. The summed E-state index contributed by atoms with van der Waals surface area (Å²) in [6.45, 7) is 1.88. The number of ketones is 1. The van der Waals surface area contributed by atoms with Gasteiger partial charge in [-0.05, 0) is 6.92 Å². The van der Waals surface area contributed by atoms with Gasteiger partial charge in [-0.15, -0.1) is 23.7 Å². The molecule has 1 aromatic heterocycles. The van der Waals surface area contributed by atoms with E-state index in [0.717, 1.165) is 5.01 Å². The molecule has 3 heteroatoms. The van der Waals surface area contributed by atoms with Crippen molar-refractivity contribution in [3.05, 3.63) is 16.1 Å². The molecule has 0 aliphatic rings. The molecular formula is C9H9NOS. The molecule has 2 nitrogen and oxygen atoms in total. The highest BCUT2D eigenvalue weighted by atomic mass is 32.1. The topological polar surface area (TPSA) is 30.0 Å². The lowest BCUT2D eigenvalue weighted by Gasteiger charge is -1.90. The van der Waals surface area contributed by atoms with Crippen molar-refractivity contribution in [3.63, 3.8) is 0 Å². The van der Waals surface area contributed by atoms with Crippen LogP contribution < -0.4 is 0 Å². The first-order chi connectivity index (χ1) is 5.74. The van der Waals surface area contributed by atoms with E-state index in [1.165, 1.54) is 11.3 Å². The van der Waals surface area contributed by atoms with Crippen molar-refractivity contribution in [3.8, 4) is 12.3 Å². The van der Waals surface area contributed by atoms with Crippen molar-refractivity contribution < 1.29 is 4.79 Å². The lowest BCUT2D eigenvalue weighted by atomic mass is 10.2. The first-order valence-corrected chi connectivity index (χ1v) is 4.51. The van der Waals surface area contributed by atoms with Crippen LogP contribution in [0.5, 0.6) is 0 Å². The van der Waals surface area contributed by atoms with Crippen molar-refractivity contribution in [2.75, 3.05) is 0 Å². The third kappa shape index (κ3) is 2.18. The third-order valence-electron chi connectivity index (χ3n) is 1.40. The van der Waals surface area contributed by atoms with Gasteiger partial charge in [-0.25, -0.2) is 4.98 Å². The highest BCUT2D eigenvalue weighted by molar-refractivity contribution is 7.09. The predicted molar refractivity (Wildman–Crippen MR) is 49.2 cm³/mol. The van der Waals surface area contributed by atoms with Crippen molar-refractivity contribution in [1.82, 2.24) is 4.98 Å². The quantitative estimate of drug-likeness (QED) is 0.525. The van der Waals surface area contributed by atoms with Gasteiger partial charge in [-0.2, -0.15) is 0 Å². The van der Waals surface area contributed by atoms with Crippen LogP contribution in [0.2, 0.25) is 0 Å². The largest absolute Gasteiger partial charge is 0.292 e. The summed E-state index contributed by atoms with van der Waals surface area (Å²) in [5.74, 6) is 2.47. The minimum atomic E-state index is 0.0392. The second kappa shape index (κ2) is 4.03. The Morgan fingerprint density at radius 1 is 1.83 bits per heavy atom. The number of nitrogens with zero attached hydrogens (tertiary/aromatic N) is 1. The van der Waals surface area contributed by atoms with E-state index in [1.54, 1.807) is 5.38 Å². The summed E-state index contributed by atoms with van der Waals surface area (Å²) < 4.78 is 0. The van der Waals surface area contributed by atoms with Crippen LogP contribution in [0.15, 0.2) is 5.38 Å². The van der Waals surface area contributed by atoms with Crippen molar-refractivity contribution >= 4 is 17.1 Å². The van der Waals surface area contributed by atoms with Crippen LogP contribution in [-0.2, 0) is 0 Å². The van der Waals surface area contributed by atoms with Crippen LogP contribution in [0.1, 0.15) is 28.3 Å². The Labute approximate surface area is 75.6 Å². The molecule has 0 fully saturated rings. The number of aryl methyl sites for hydroxylation is 1. The first kappa shape index (κ1) is 8.95. The normalized spacial score (nSPS) is 9.33. The van der Waals surface area contributed by atoms with Gasteiger partial charge in [-0.1, -0.05) is 0 Å². The molecule has 12 heavy (non-hydrogen) atoms. The summed E-state index contributed by atoms with van der Waals surface area (Å²) in [6, 6.07) is 0. The van der Waals surface area contributed by atoms with Crippen LogP contribution >= 0.6 is 11.3 Å². The molecule has 1 aromatic rings. The monoisotopic (exact) mass is 179 g/mol. The van der Waals surface area contributed by atoms with E-state index in [2.05, 4.69) is 10.9 Å². The van der Waals surface area contributed by atoms with E-state index < -0.39 is 0 Å². The molecule has 0 bridgehead atoms. The number of carbonyl (C=O) groups is 1. The fourth-order valence-corrected chi connectivity index (χ4v) is 1.42. The van der Waals surface area contributed by atoms with Crippen LogP contribution in [0.25, 0.3) is 0 Å². The Balaban J connectivity index is 2.61. The van der Waals surface area contributed by atoms with E-state index in [0.29, 0.717) is 18.5 Å². The van der Waals surface area contributed by atoms with Crippen LogP contribution in [-0.4, -0.2) is 10.8 Å². The summed E-state index contributed by atoms with van der Waals surface area (Å²) in [7, 11) is 0. The lowest BCUT2D eigenvalue weighted by Crippen LogP contribution is -1.98. The Hall–Kier alpha value is -1.14. The van der Waals surface area contributed by atoms with Gasteiger partial charge in [0.1, 0.15) is 5.69 Å². The van der Waals surface area contributed by atoms with Crippen LogP contribution in [0.4, 0.5) is 0 Å². The number of Topliss-reactive ketones (excluding diaryl/α,β-unsaturated/α-hetero) is 1. The van der Waals surface area contributed by atoms with Crippen LogP contribution in [0.3, 0.4) is 0 Å². The van der Waals surface area contributed by atoms with E-state index in [-0.39, 0.29) is 5.78 Å². The van der Waals surface area contributed by atoms with E-state index in [4.69, 9.17) is 6.42 Å². The van der Waals surface area contributed by atoms with Gasteiger partial charge in [-0.3, -0.25) is 4.79 Å². The molecule has 0 saturated heterocycles. The summed E-state index contributed by atoms with van der Waals surface area (Å²) in [6.07, 6.45) is 5.94. The number of terminal acetylenes is 1. The summed E-state index contributed by atoms with van der Waals surface area (Å²) in [4.78, 5) is 15.3. The molecule has 0 unspecified atom stereocenters. The maximum Gasteiger partial charge on any atom is 0.182 e. The number of hydrogen-bond donors (Lipinski definition) is 0. The number of hydrogen-bond acceptors (Lipinski definition) is 3. The van der Waals surface area contributed by atoms with Gasteiger partial charge >= 0.3 is 0 Å². The molecule has 0 radical (unpaired) electrons. The first-order valence-electron chi connectivity index (χ1n) is 3.63. The zero-order chi connectivity index (χ0) is 8.97. The number of aromatic nitrogens is 1. The molecule has 0 saturated carbocycles. The zero-order valence-electron chi connectivity index (χ0n) is 6.83. The van der Waals surface area contributed by atoms with Gasteiger partial charge in [0.15, 0.2) is 5.78 Å². The summed E-state index contributed by atoms with van der Waals surface area (Å²) in [5, 5.41) is 2.69. The molecular weight excluding hydrogens is 170 g/mol. The van der Waals surface area contributed by atoms with Crippen molar-refractivity contribution in [2.24, 2.45) is 0 Å². The minimum Gasteiger partial charge on any atom is -0.292 e. The van der Waals surface area contributed by atoms with Crippen molar-refractivity contribution in [2.45, 2.75) is 19.8 Å².